The van der Waals surface area contributed by atoms with E-state index in [0.717, 1.165) is 50.1 Å². The predicted octanol–water partition coefficient (Wildman–Crippen LogP) is 3.67. The van der Waals surface area contributed by atoms with Gasteiger partial charge >= 0.3 is 6.18 Å². The number of halogens is 3. The van der Waals surface area contributed by atoms with E-state index in [0.29, 0.717) is 37.4 Å². The summed E-state index contributed by atoms with van der Waals surface area (Å²) >= 11 is 1.72. The number of thioether (sulfide) groups is 1. The first-order chi connectivity index (χ1) is 16.3. The molecule has 0 spiro atoms. The Balaban J connectivity index is 1.48. The molecular weight excluding hydrogens is 467 g/mol. The van der Waals surface area contributed by atoms with Crippen LogP contribution in [0, 0.1) is 5.41 Å². The Bertz CT molecular complexity index is 872. The van der Waals surface area contributed by atoms with Crippen LogP contribution in [-0.4, -0.2) is 72.9 Å². The van der Waals surface area contributed by atoms with Crippen LogP contribution >= 0.6 is 11.8 Å². The van der Waals surface area contributed by atoms with Gasteiger partial charge in [0.15, 0.2) is 0 Å². The zero-order valence-corrected chi connectivity index (χ0v) is 20.6. The molecule has 1 saturated heterocycles. The van der Waals surface area contributed by atoms with E-state index in [-0.39, 0.29) is 30.6 Å². The first kappa shape index (κ1) is 25.7. The van der Waals surface area contributed by atoms with Gasteiger partial charge in [0.25, 0.3) is 0 Å². The molecule has 3 heterocycles. The van der Waals surface area contributed by atoms with Gasteiger partial charge in [-0.15, -0.1) is 0 Å². The lowest BCUT2D eigenvalue weighted by molar-refractivity contribution is -0.143. The minimum Gasteiger partial charge on any atom is -0.379 e. The van der Waals surface area contributed by atoms with Gasteiger partial charge in [0.2, 0.25) is 5.91 Å². The minimum atomic E-state index is -4.44. The van der Waals surface area contributed by atoms with Crippen LogP contribution in [-0.2, 0) is 33.4 Å². The van der Waals surface area contributed by atoms with E-state index < -0.39 is 17.2 Å². The summed E-state index contributed by atoms with van der Waals surface area (Å²) in [5, 5.41) is 3.73. The van der Waals surface area contributed by atoms with Crippen LogP contribution in [0.15, 0.2) is 12.3 Å². The topological polar surface area (TPSA) is 63.7 Å². The van der Waals surface area contributed by atoms with Crippen LogP contribution in [0.4, 0.5) is 13.2 Å². The normalized spacial score (nSPS) is 29.8. The van der Waals surface area contributed by atoms with Gasteiger partial charge < -0.3 is 19.7 Å². The van der Waals surface area contributed by atoms with Crippen molar-refractivity contribution in [2.24, 2.45) is 5.41 Å². The molecule has 4 rings (SSSR count). The summed E-state index contributed by atoms with van der Waals surface area (Å²) in [5.41, 5.74) is -0.0773. The van der Waals surface area contributed by atoms with Crippen molar-refractivity contribution in [1.29, 1.82) is 0 Å². The van der Waals surface area contributed by atoms with Gasteiger partial charge in [-0.1, -0.05) is 0 Å². The maximum absolute atomic E-state index is 13.9. The highest BCUT2D eigenvalue weighted by atomic mass is 32.2. The highest BCUT2D eigenvalue weighted by Gasteiger charge is 2.48. The molecule has 0 aromatic carbocycles. The molecule has 2 fully saturated rings. The number of hydrogen-bond donors (Lipinski definition) is 1. The maximum Gasteiger partial charge on any atom is 0.417 e. The summed E-state index contributed by atoms with van der Waals surface area (Å²) < 4.78 is 50.7. The smallest absolute Gasteiger partial charge is 0.379 e. The van der Waals surface area contributed by atoms with Gasteiger partial charge in [0.05, 0.1) is 23.7 Å². The fourth-order valence-electron chi connectivity index (χ4n) is 5.62. The van der Waals surface area contributed by atoms with Crippen LogP contribution in [0.1, 0.15) is 48.9 Å². The Morgan fingerprint density at radius 1 is 1.41 bits per heavy atom. The third kappa shape index (κ3) is 5.55. The fourth-order valence-corrected chi connectivity index (χ4v) is 6.22. The number of pyridine rings is 1. The highest BCUT2D eigenvalue weighted by Crippen LogP contribution is 2.45. The van der Waals surface area contributed by atoms with Crippen molar-refractivity contribution in [2.75, 3.05) is 38.9 Å². The molecule has 4 atom stereocenters. The number of aromatic nitrogens is 1. The first-order valence-corrected chi connectivity index (χ1v) is 13.3. The number of amides is 1. The lowest BCUT2D eigenvalue weighted by atomic mass is 9.80. The van der Waals surface area contributed by atoms with Gasteiger partial charge in [-0.05, 0) is 55.7 Å². The number of carbonyl (C=O) groups excluding carboxylic acids is 1. The van der Waals surface area contributed by atoms with E-state index in [1.165, 1.54) is 0 Å². The van der Waals surface area contributed by atoms with E-state index in [9.17, 15) is 18.0 Å². The van der Waals surface area contributed by atoms with E-state index in [2.05, 4.69) is 10.3 Å². The molecule has 4 unspecified atom stereocenters. The molecule has 0 radical (unpaired) electrons. The molecule has 1 N–H and O–H groups in total. The molecule has 3 aliphatic rings. The van der Waals surface area contributed by atoms with E-state index in [1.54, 1.807) is 23.8 Å². The van der Waals surface area contributed by atoms with Gasteiger partial charge in [-0.3, -0.25) is 9.78 Å². The summed E-state index contributed by atoms with van der Waals surface area (Å²) in [6.45, 7) is 1.95. The molecule has 1 aromatic heterocycles. The van der Waals surface area contributed by atoms with Crippen molar-refractivity contribution in [3.05, 3.63) is 29.1 Å². The van der Waals surface area contributed by atoms with Crippen molar-refractivity contribution in [1.82, 2.24) is 15.2 Å². The molecule has 1 aliphatic carbocycles. The van der Waals surface area contributed by atoms with Gasteiger partial charge in [-0.25, -0.2) is 0 Å². The molecule has 0 bridgehead atoms. The van der Waals surface area contributed by atoms with Crippen molar-refractivity contribution in [3.8, 4) is 0 Å². The van der Waals surface area contributed by atoms with Crippen molar-refractivity contribution in [3.63, 3.8) is 0 Å². The Hall–Kier alpha value is -1.36. The molecule has 1 amide bonds. The lowest BCUT2D eigenvalue weighted by Crippen LogP contribution is -2.51. The average Bonchev–Trinajstić information content (AvgIpc) is 3.25. The number of alkyl halides is 3. The van der Waals surface area contributed by atoms with Gasteiger partial charge in [-0.2, -0.15) is 24.9 Å². The van der Waals surface area contributed by atoms with E-state index >= 15 is 0 Å². The number of fused-ring (bicyclic) bond motifs is 1. The number of nitrogens with zero attached hydrogens (tertiary/aromatic N) is 2. The highest BCUT2D eigenvalue weighted by molar-refractivity contribution is 7.98. The summed E-state index contributed by atoms with van der Waals surface area (Å²) in [6.07, 6.45) is 3.05. The Morgan fingerprint density at radius 3 is 2.97 bits per heavy atom. The minimum absolute atomic E-state index is 0.000395. The molecule has 1 saturated carbocycles. The average molecular weight is 502 g/mol. The molecular formula is C24H34F3N3O3S. The Labute approximate surface area is 203 Å². The number of ether oxygens (including phenoxy) is 2. The summed E-state index contributed by atoms with van der Waals surface area (Å²) in [4.78, 5) is 19.7. The van der Waals surface area contributed by atoms with Crippen molar-refractivity contribution in [2.45, 2.75) is 69.4 Å². The third-order valence-electron chi connectivity index (χ3n) is 7.56. The predicted molar refractivity (Wildman–Crippen MR) is 125 cm³/mol. The number of hydrogen-bond acceptors (Lipinski definition) is 6. The second-order valence-electron chi connectivity index (χ2n) is 9.68. The van der Waals surface area contributed by atoms with Crippen LogP contribution in [0.25, 0.3) is 0 Å². The monoisotopic (exact) mass is 501 g/mol. The third-order valence-corrected chi connectivity index (χ3v) is 8.17. The molecule has 2 aliphatic heterocycles. The van der Waals surface area contributed by atoms with Gasteiger partial charge in [0.1, 0.15) is 0 Å². The molecule has 6 nitrogen and oxygen atoms in total. The zero-order valence-electron chi connectivity index (χ0n) is 19.8. The maximum atomic E-state index is 13.9. The standard InChI is InChI=1S/C24H34F3N3O3S/c1-32-21-15-33-9-5-20(21)29-18-3-6-23(12-18,7-10-34-2)22(31)30-8-4-19-16(14-30)11-17(13-28-19)24(25,26)27/h11,13,18,20-21,29H,3-10,12,14-15H2,1-2H3. The zero-order chi connectivity index (χ0) is 24.3. The van der Waals surface area contributed by atoms with Crippen LogP contribution in [0.5, 0.6) is 0 Å². The second kappa shape index (κ2) is 10.7. The fraction of sp³-hybridized carbons (Fsp3) is 0.750. The van der Waals surface area contributed by atoms with Crippen LogP contribution in [0.3, 0.4) is 0 Å². The number of nitrogens with one attached hydrogen (secondary N) is 1. The Kier molecular flexibility index (Phi) is 8.11. The number of carbonyl (C=O) groups is 1. The molecule has 34 heavy (non-hydrogen) atoms. The van der Waals surface area contributed by atoms with Gasteiger partial charge in [0, 0.05) is 57.2 Å². The lowest BCUT2D eigenvalue weighted by Gasteiger charge is -2.38. The van der Waals surface area contributed by atoms with E-state index in [4.69, 9.17) is 9.47 Å². The second-order valence-corrected chi connectivity index (χ2v) is 10.7. The largest absolute Gasteiger partial charge is 0.417 e. The molecule has 10 heteroatoms. The summed E-state index contributed by atoms with van der Waals surface area (Å²) in [6, 6.07) is 1.57. The Morgan fingerprint density at radius 2 is 2.24 bits per heavy atom. The summed E-state index contributed by atoms with van der Waals surface area (Å²) in [7, 11) is 1.70. The molecule has 1 aromatic rings. The molecule has 190 valence electrons. The van der Waals surface area contributed by atoms with Crippen LogP contribution in [0.2, 0.25) is 0 Å². The quantitative estimate of drug-likeness (QED) is 0.615. The SMILES string of the molecule is COC1COCCC1NC1CCC(CCSC)(C(=O)N2CCc3ncc(C(F)(F)F)cc3C2)C1. The number of methoxy groups -OCH3 is 1. The van der Waals surface area contributed by atoms with Crippen molar-refractivity contribution < 1.29 is 27.4 Å². The van der Waals surface area contributed by atoms with Crippen LogP contribution < -0.4 is 5.32 Å². The summed E-state index contributed by atoms with van der Waals surface area (Å²) in [5.74, 6) is 0.949. The number of rotatable bonds is 7. The van der Waals surface area contributed by atoms with Crippen molar-refractivity contribution >= 4 is 17.7 Å². The van der Waals surface area contributed by atoms with E-state index in [1.807, 2.05) is 6.26 Å². The first-order valence-electron chi connectivity index (χ1n) is 12.0.